The van der Waals surface area contributed by atoms with E-state index < -0.39 is 17.7 Å². The highest BCUT2D eigenvalue weighted by Crippen LogP contribution is 2.43. The van der Waals surface area contributed by atoms with Gasteiger partial charge in [0, 0.05) is 35.1 Å². The number of rotatable bonds is 9. The summed E-state index contributed by atoms with van der Waals surface area (Å²) in [7, 11) is 0. The quantitative estimate of drug-likeness (QED) is 0.184. The summed E-state index contributed by atoms with van der Waals surface area (Å²) in [5.41, 5.74) is 3.60. The molecule has 198 valence electrons. The highest BCUT2D eigenvalue weighted by atomic mass is 35.5. The number of hydrogen-bond donors (Lipinski definition) is 1. The third-order valence-corrected chi connectivity index (χ3v) is 7.05. The minimum atomic E-state index is -0.807. The summed E-state index contributed by atoms with van der Waals surface area (Å²) >= 11 is 6.10. The summed E-state index contributed by atoms with van der Waals surface area (Å²) in [5.74, 6) is -0.943. The fourth-order valence-corrected chi connectivity index (χ4v) is 4.92. The Bertz CT molecular complexity index is 1350. The van der Waals surface area contributed by atoms with Crippen LogP contribution in [0.4, 0.5) is 11.4 Å². The van der Waals surface area contributed by atoms with Crippen LogP contribution in [0.25, 0.3) is 5.76 Å². The number of anilines is 2. The molecule has 1 N–H and O–H groups in total. The maximum absolute atomic E-state index is 13.4. The number of benzene rings is 3. The van der Waals surface area contributed by atoms with Gasteiger partial charge in [0.25, 0.3) is 11.7 Å². The number of carbonyl (C=O) groups is 2. The minimum absolute atomic E-state index is 0.0437. The van der Waals surface area contributed by atoms with Gasteiger partial charge in [0.2, 0.25) is 0 Å². The van der Waals surface area contributed by atoms with Crippen LogP contribution in [-0.4, -0.2) is 36.5 Å². The van der Waals surface area contributed by atoms with Crippen LogP contribution >= 0.6 is 11.6 Å². The number of ether oxygens (including phenoxy) is 1. The van der Waals surface area contributed by atoms with Gasteiger partial charge in [0.05, 0.1) is 18.2 Å². The van der Waals surface area contributed by atoms with E-state index in [1.807, 2.05) is 38.1 Å². The van der Waals surface area contributed by atoms with E-state index in [0.717, 1.165) is 36.3 Å². The maximum Gasteiger partial charge on any atom is 0.300 e. The maximum atomic E-state index is 13.4. The fourth-order valence-electron chi connectivity index (χ4n) is 4.80. The van der Waals surface area contributed by atoms with Crippen LogP contribution in [0.5, 0.6) is 5.75 Å². The first-order valence-electron chi connectivity index (χ1n) is 13.0. The second-order valence-corrected chi connectivity index (χ2v) is 9.67. The number of aliphatic hydroxyl groups excluding tert-OH is 1. The molecule has 4 rings (SSSR count). The molecule has 6 nitrogen and oxygen atoms in total. The summed E-state index contributed by atoms with van der Waals surface area (Å²) < 4.78 is 5.77. The van der Waals surface area contributed by atoms with E-state index in [1.165, 1.54) is 4.90 Å². The molecule has 1 heterocycles. The average molecular weight is 533 g/mol. The molecular weight excluding hydrogens is 500 g/mol. The molecule has 0 saturated carbocycles. The molecule has 1 aliphatic heterocycles. The van der Waals surface area contributed by atoms with Crippen molar-refractivity contribution >= 4 is 40.4 Å². The summed E-state index contributed by atoms with van der Waals surface area (Å²) in [4.78, 5) is 30.5. The number of aliphatic hydroxyl groups is 1. The normalized spacial score (nSPS) is 16.7. The van der Waals surface area contributed by atoms with E-state index in [9.17, 15) is 14.7 Å². The molecule has 0 aliphatic carbocycles. The molecule has 0 aromatic heterocycles. The smallest absolute Gasteiger partial charge is 0.300 e. The van der Waals surface area contributed by atoms with Crippen LogP contribution in [0.3, 0.4) is 0 Å². The Kier molecular flexibility index (Phi) is 8.42. The molecule has 1 fully saturated rings. The Labute approximate surface area is 229 Å². The number of amides is 1. The van der Waals surface area contributed by atoms with Crippen molar-refractivity contribution in [3.05, 3.63) is 94.0 Å². The fraction of sp³-hybridized carbons (Fsp3) is 0.290. The first-order valence-corrected chi connectivity index (χ1v) is 13.3. The molecule has 1 unspecified atom stereocenters. The SMILES string of the molecule is CCCOc1ccc(/C(O)=C2/C(=O)C(=O)N(c3ccc(Cl)cc3)C2c2ccc(N(CC)CC)cc2)cc1C. The summed E-state index contributed by atoms with van der Waals surface area (Å²) in [6.45, 7) is 10.4. The molecular formula is C31H33ClN2O4. The lowest BCUT2D eigenvalue weighted by Crippen LogP contribution is -2.29. The first kappa shape index (κ1) is 27.3. The molecule has 0 bridgehead atoms. The zero-order valence-electron chi connectivity index (χ0n) is 22.2. The van der Waals surface area contributed by atoms with Gasteiger partial charge in [0.15, 0.2) is 0 Å². The van der Waals surface area contributed by atoms with Crippen molar-refractivity contribution < 1.29 is 19.4 Å². The predicted octanol–water partition coefficient (Wildman–Crippen LogP) is 6.91. The molecule has 1 saturated heterocycles. The minimum Gasteiger partial charge on any atom is -0.507 e. The van der Waals surface area contributed by atoms with E-state index in [2.05, 4.69) is 18.7 Å². The molecule has 0 radical (unpaired) electrons. The number of nitrogens with zero attached hydrogens (tertiary/aromatic N) is 2. The second-order valence-electron chi connectivity index (χ2n) is 9.24. The highest BCUT2D eigenvalue weighted by molar-refractivity contribution is 6.51. The van der Waals surface area contributed by atoms with Crippen molar-refractivity contribution in [3.63, 3.8) is 0 Å². The standard InChI is InChI=1S/C31H33ClN2O4/c1-5-18-38-26-17-10-22(19-20(26)4)29(35)27-28(21-8-13-24(14-9-21)33(6-2)7-3)34(31(37)30(27)36)25-15-11-23(32)12-16-25/h8-17,19,28,35H,5-7,18H2,1-4H3/b29-27-. The van der Waals surface area contributed by atoms with Crippen LogP contribution < -0.4 is 14.5 Å². The zero-order valence-corrected chi connectivity index (χ0v) is 23.0. The molecule has 1 aliphatic rings. The number of aryl methyl sites for hydroxylation is 1. The third-order valence-electron chi connectivity index (χ3n) is 6.80. The molecule has 1 amide bonds. The van der Waals surface area contributed by atoms with Crippen molar-refractivity contribution in [1.82, 2.24) is 0 Å². The Morgan fingerprint density at radius 1 is 0.974 bits per heavy atom. The van der Waals surface area contributed by atoms with E-state index in [4.69, 9.17) is 16.3 Å². The lowest BCUT2D eigenvalue weighted by atomic mass is 9.94. The molecule has 3 aromatic carbocycles. The van der Waals surface area contributed by atoms with Crippen molar-refractivity contribution in [3.8, 4) is 5.75 Å². The third kappa shape index (κ3) is 5.27. The van der Waals surface area contributed by atoms with Gasteiger partial charge in [-0.15, -0.1) is 0 Å². The van der Waals surface area contributed by atoms with Gasteiger partial charge in [-0.2, -0.15) is 0 Å². The number of ketones is 1. The monoisotopic (exact) mass is 532 g/mol. The van der Waals surface area contributed by atoms with Gasteiger partial charge in [0.1, 0.15) is 11.5 Å². The molecule has 38 heavy (non-hydrogen) atoms. The topological polar surface area (TPSA) is 70.1 Å². The number of halogens is 1. The second kappa shape index (κ2) is 11.7. The number of Topliss-reactive ketones (excluding diaryl/α,β-unsaturated/α-hetero) is 1. The van der Waals surface area contributed by atoms with Gasteiger partial charge in [-0.25, -0.2) is 0 Å². The summed E-state index contributed by atoms with van der Waals surface area (Å²) in [6.07, 6.45) is 0.877. The Morgan fingerprint density at radius 2 is 1.63 bits per heavy atom. The van der Waals surface area contributed by atoms with E-state index in [-0.39, 0.29) is 11.3 Å². The Morgan fingerprint density at radius 3 is 2.21 bits per heavy atom. The molecule has 1 atom stereocenters. The van der Waals surface area contributed by atoms with Crippen LogP contribution in [0.15, 0.2) is 72.3 Å². The molecule has 7 heteroatoms. The van der Waals surface area contributed by atoms with Crippen molar-refractivity contribution in [1.29, 1.82) is 0 Å². The van der Waals surface area contributed by atoms with Crippen molar-refractivity contribution in [2.45, 2.75) is 40.2 Å². The van der Waals surface area contributed by atoms with Gasteiger partial charge in [-0.3, -0.25) is 14.5 Å². The van der Waals surface area contributed by atoms with Crippen molar-refractivity contribution in [2.75, 3.05) is 29.5 Å². The van der Waals surface area contributed by atoms with E-state index in [1.54, 1.807) is 42.5 Å². The van der Waals surface area contributed by atoms with E-state index in [0.29, 0.717) is 28.6 Å². The van der Waals surface area contributed by atoms with E-state index >= 15 is 0 Å². The van der Waals surface area contributed by atoms with Gasteiger partial charge in [-0.1, -0.05) is 30.7 Å². The Balaban J connectivity index is 1.85. The lowest BCUT2D eigenvalue weighted by molar-refractivity contribution is -0.132. The largest absolute Gasteiger partial charge is 0.507 e. The van der Waals surface area contributed by atoms with Gasteiger partial charge < -0.3 is 14.7 Å². The van der Waals surface area contributed by atoms with Gasteiger partial charge in [-0.05, 0) is 92.9 Å². The van der Waals surface area contributed by atoms with Crippen molar-refractivity contribution in [2.24, 2.45) is 0 Å². The summed E-state index contributed by atoms with van der Waals surface area (Å²) in [5, 5.41) is 12.0. The number of carbonyl (C=O) groups excluding carboxylic acids is 2. The van der Waals surface area contributed by atoms with Crippen LogP contribution in [-0.2, 0) is 9.59 Å². The first-order chi connectivity index (χ1) is 18.3. The van der Waals surface area contributed by atoms with Crippen LogP contribution in [0, 0.1) is 6.92 Å². The van der Waals surface area contributed by atoms with Gasteiger partial charge >= 0.3 is 0 Å². The lowest BCUT2D eigenvalue weighted by Gasteiger charge is -2.27. The highest BCUT2D eigenvalue weighted by Gasteiger charge is 2.47. The van der Waals surface area contributed by atoms with Crippen LogP contribution in [0.1, 0.15) is 49.9 Å². The number of hydrogen-bond acceptors (Lipinski definition) is 5. The zero-order chi connectivity index (χ0) is 27.4. The summed E-state index contributed by atoms with van der Waals surface area (Å²) in [6, 6.07) is 19.0. The van der Waals surface area contributed by atoms with Crippen LogP contribution in [0.2, 0.25) is 5.02 Å². The predicted molar refractivity (Wildman–Crippen MR) is 153 cm³/mol. The molecule has 0 spiro atoms. The Hall–Kier alpha value is -3.77. The average Bonchev–Trinajstić information content (AvgIpc) is 3.19. The molecule has 3 aromatic rings.